The van der Waals surface area contributed by atoms with Gasteiger partial charge in [0.1, 0.15) is 5.69 Å². The number of nitrogens with zero attached hydrogens (tertiary/aromatic N) is 2. The van der Waals surface area contributed by atoms with Crippen molar-refractivity contribution in [3.8, 4) is 0 Å². The molecule has 0 fully saturated rings. The molecule has 0 radical (unpaired) electrons. The van der Waals surface area contributed by atoms with Gasteiger partial charge in [-0.1, -0.05) is 0 Å². The molecular weight excluding hydrogens is 236 g/mol. The average molecular weight is 254 g/mol. The summed E-state index contributed by atoms with van der Waals surface area (Å²) in [6, 6.07) is 0. The first kappa shape index (κ1) is 13.0. The third kappa shape index (κ3) is 2.26. The van der Waals surface area contributed by atoms with Gasteiger partial charge in [0, 0.05) is 19.1 Å². The maximum absolute atomic E-state index is 11.4. The quantitative estimate of drug-likeness (QED) is 0.875. The number of ether oxygens (including phenoxy) is 2. The molecule has 18 heavy (non-hydrogen) atoms. The molecule has 1 N–H and O–H groups in total. The Bertz CT molecular complexity index is 455. The zero-order valence-corrected chi connectivity index (χ0v) is 10.8. The summed E-state index contributed by atoms with van der Waals surface area (Å²) < 4.78 is 12.1. The Labute approximate surface area is 106 Å². The summed E-state index contributed by atoms with van der Waals surface area (Å²) in [4.78, 5) is 11.4. The summed E-state index contributed by atoms with van der Waals surface area (Å²) >= 11 is 0. The van der Waals surface area contributed by atoms with Gasteiger partial charge in [0.05, 0.1) is 31.1 Å². The molecule has 6 nitrogen and oxygen atoms in total. The molecule has 2 rings (SSSR count). The van der Waals surface area contributed by atoms with Gasteiger partial charge in [0.15, 0.2) is 0 Å². The van der Waals surface area contributed by atoms with E-state index in [2.05, 4.69) is 5.10 Å². The highest BCUT2D eigenvalue weighted by atomic mass is 16.5. The highest BCUT2D eigenvalue weighted by Crippen LogP contribution is 2.31. The van der Waals surface area contributed by atoms with Crippen molar-refractivity contribution >= 4 is 5.97 Å². The number of aromatic carboxylic acids is 1. The number of rotatable bonds is 4. The Morgan fingerprint density at radius 1 is 1.61 bits per heavy atom. The molecule has 1 aromatic heterocycles. The lowest BCUT2D eigenvalue weighted by molar-refractivity contribution is -0.00721. The number of carboxylic acid groups (broad SMARTS) is 1. The molecule has 0 saturated heterocycles. The van der Waals surface area contributed by atoms with Crippen molar-refractivity contribution in [2.24, 2.45) is 0 Å². The van der Waals surface area contributed by atoms with Gasteiger partial charge in [-0.3, -0.25) is 4.68 Å². The van der Waals surface area contributed by atoms with Gasteiger partial charge in [0.25, 0.3) is 0 Å². The molecular formula is C12H18N2O4. The molecule has 2 atom stereocenters. The lowest BCUT2D eigenvalue weighted by Gasteiger charge is -2.24. The second-order valence-electron chi connectivity index (χ2n) is 4.53. The third-order valence-electron chi connectivity index (χ3n) is 3.10. The van der Waals surface area contributed by atoms with E-state index in [1.807, 2.05) is 13.8 Å². The van der Waals surface area contributed by atoms with Crippen LogP contribution in [0.2, 0.25) is 0 Å². The van der Waals surface area contributed by atoms with Crippen molar-refractivity contribution < 1.29 is 19.4 Å². The number of carboxylic acids is 1. The Balaban J connectivity index is 2.43. The molecule has 100 valence electrons. The fraction of sp³-hybridized carbons (Fsp3) is 0.667. The first-order valence-electron chi connectivity index (χ1n) is 6.01. The predicted molar refractivity (Wildman–Crippen MR) is 63.7 cm³/mol. The van der Waals surface area contributed by atoms with E-state index in [9.17, 15) is 9.90 Å². The zero-order chi connectivity index (χ0) is 13.3. The summed E-state index contributed by atoms with van der Waals surface area (Å²) in [7, 11) is 1.58. The lowest BCUT2D eigenvalue weighted by atomic mass is 10.00. The summed E-state index contributed by atoms with van der Waals surface area (Å²) in [6.45, 7) is 4.71. The fourth-order valence-corrected chi connectivity index (χ4v) is 2.37. The van der Waals surface area contributed by atoms with E-state index < -0.39 is 5.97 Å². The van der Waals surface area contributed by atoms with Crippen LogP contribution in [-0.4, -0.2) is 40.7 Å². The highest BCUT2D eigenvalue weighted by Gasteiger charge is 2.31. The van der Waals surface area contributed by atoms with Crippen LogP contribution in [0.25, 0.3) is 0 Å². The van der Waals surface area contributed by atoms with Crippen LogP contribution in [0, 0.1) is 0 Å². The lowest BCUT2D eigenvalue weighted by Crippen LogP contribution is -2.23. The van der Waals surface area contributed by atoms with Crippen LogP contribution >= 0.6 is 0 Å². The number of aromatic nitrogens is 2. The first-order chi connectivity index (χ1) is 8.54. The largest absolute Gasteiger partial charge is 0.477 e. The summed E-state index contributed by atoms with van der Waals surface area (Å²) in [5, 5.41) is 13.7. The molecule has 0 aromatic carbocycles. The van der Waals surface area contributed by atoms with Crippen LogP contribution < -0.4 is 0 Å². The minimum absolute atomic E-state index is 0.0191. The summed E-state index contributed by atoms with van der Waals surface area (Å²) in [5.74, 6) is -0.943. The van der Waals surface area contributed by atoms with E-state index in [-0.39, 0.29) is 17.9 Å². The Hall–Kier alpha value is -1.40. The molecule has 0 unspecified atom stereocenters. The maximum Gasteiger partial charge on any atom is 0.354 e. The number of hydrogen-bond acceptors (Lipinski definition) is 4. The summed E-state index contributed by atoms with van der Waals surface area (Å²) in [5.41, 5.74) is 1.80. The minimum atomic E-state index is -0.943. The smallest absolute Gasteiger partial charge is 0.354 e. The molecule has 0 amide bonds. The van der Waals surface area contributed by atoms with Crippen molar-refractivity contribution in [2.75, 3.05) is 13.7 Å². The second kappa shape index (κ2) is 5.07. The van der Waals surface area contributed by atoms with Crippen LogP contribution in [0.4, 0.5) is 0 Å². The fourth-order valence-electron chi connectivity index (χ4n) is 2.37. The maximum atomic E-state index is 11.4. The van der Waals surface area contributed by atoms with Gasteiger partial charge in [-0.25, -0.2) is 4.79 Å². The second-order valence-corrected chi connectivity index (χ2v) is 4.53. The molecule has 1 aliphatic rings. The zero-order valence-electron chi connectivity index (χ0n) is 10.8. The van der Waals surface area contributed by atoms with Gasteiger partial charge in [-0.15, -0.1) is 0 Å². The van der Waals surface area contributed by atoms with Crippen LogP contribution in [-0.2, 0) is 22.4 Å². The van der Waals surface area contributed by atoms with Crippen LogP contribution in [0.1, 0.15) is 41.7 Å². The van der Waals surface area contributed by atoms with Gasteiger partial charge in [-0.05, 0) is 13.8 Å². The van der Waals surface area contributed by atoms with E-state index in [0.29, 0.717) is 19.6 Å². The molecule has 0 saturated carbocycles. The topological polar surface area (TPSA) is 73.6 Å². The summed E-state index contributed by atoms with van der Waals surface area (Å²) in [6.07, 6.45) is 0.449. The molecule has 1 aromatic rings. The Morgan fingerprint density at radius 2 is 2.33 bits per heavy atom. The Kier molecular flexibility index (Phi) is 3.68. The number of methoxy groups -OCH3 is 1. The number of hydrogen-bond donors (Lipinski definition) is 1. The molecule has 1 aliphatic heterocycles. The molecule has 0 spiro atoms. The normalized spacial score (nSPS) is 22.8. The minimum Gasteiger partial charge on any atom is -0.477 e. The van der Waals surface area contributed by atoms with Crippen LogP contribution in [0.3, 0.4) is 0 Å². The average Bonchev–Trinajstić information content (AvgIpc) is 2.64. The van der Waals surface area contributed by atoms with Gasteiger partial charge < -0.3 is 14.6 Å². The van der Waals surface area contributed by atoms with Crippen LogP contribution in [0.15, 0.2) is 0 Å². The van der Waals surface area contributed by atoms with Gasteiger partial charge >= 0.3 is 5.97 Å². The standard InChI is InChI=1S/C12H18N2O4/c1-7-6-9-10(8(2)18-7)13-14(4-5-17-3)11(9)12(15)16/h7-8H,4-6H2,1-3H3,(H,15,16)/t7-,8+/m1/s1. The number of fused-ring (bicyclic) bond motifs is 1. The van der Waals surface area contributed by atoms with E-state index in [0.717, 1.165) is 11.3 Å². The van der Waals surface area contributed by atoms with Crippen molar-refractivity contribution in [3.05, 3.63) is 17.0 Å². The first-order valence-corrected chi connectivity index (χ1v) is 6.01. The van der Waals surface area contributed by atoms with Crippen molar-refractivity contribution in [1.82, 2.24) is 9.78 Å². The monoisotopic (exact) mass is 254 g/mol. The Morgan fingerprint density at radius 3 is 2.94 bits per heavy atom. The molecule has 6 heteroatoms. The van der Waals surface area contributed by atoms with E-state index in [1.54, 1.807) is 7.11 Å². The SMILES string of the molecule is COCCn1nc2c(c1C(=O)O)C[C@@H](C)O[C@H]2C. The van der Waals surface area contributed by atoms with E-state index >= 15 is 0 Å². The van der Waals surface area contributed by atoms with Crippen molar-refractivity contribution in [2.45, 2.75) is 39.0 Å². The van der Waals surface area contributed by atoms with E-state index in [4.69, 9.17) is 9.47 Å². The molecule has 0 aliphatic carbocycles. The number of carbonyl (C=O) groups is 1. The van der Waals surface area contributed by atoms with E-state index in [1.165, 1.54) is 4.68 Å². The highest BCUT2D eigenvalue weighted by molar-refractivity contribution is 5.88. The molecule has 2 heterocycles. The third-order valence-corrected chi connectivity index (χ3v) is 3.10. The molecule has 0 bridgehead atoms. The van der Waals surface area contributed by atoms with Crippen LogP contribution in [0.5, 0.6) is 0 Å². The van der Waals surface area contributed by atoms with Gasteiger partial charge in [0.2, 0.25) is 0 Å². The van der Waals surface area contributed by atoms with Gasteiger partial charge in [-0.2, -0.15) is 5.10 Å². The van der Waals surface area contributed by atoms with Crippen molar-refractivity contribution in [3.63, 3.8) is 0 Å². The van der Waals surface area contributed by atoms with Crippen molar-refractivity contribution in [1.29, 1.82) is 0 Å². The predicted octanol–water partition coefficient (Wildman–Crippen LogP) is 1.25.